The van der Waals surface area contributed by atoms with Crippen LogP contribution in [0.25, 0.3) is 0 Å². The number of hydrogen-bond donors (Lipinski definition) is 3. The lowest BCUT2D eigenvalue weighted by atomic mass is 10.1. The number of benzene rings is 1. The molecule has 22 heavy (non-hydrogen) atoms. The van der Waals surface area contributed by atoms with Crippen LogP contribution < -0.4 is 5.32 Å². The Bertz CT molecular complexity index is 630. The highest BCUT2D eigenvalue weighted by atomic mass is 16.3. The molecular formula is C17H23N3O2. The first-order valence-corrected chi connectivity index (χ1v) is 7.49. The molecule has 3 N–H and O–H groups in total. The summed E-state index contributed by atoms with van der Waals surface area (Å²) in [5.41, 5.74) is 4.94. The molecule has 0 saturated heterocycles. The number of aliphatic hydroxyl groups excluding tert-OH is 1. The topological polar surface area (TPSA) is 78.0 Å². The number of carbonyl (C=O) groups excluding carboxylic acids is 1. The number of hydrogen-bond acceptors (Lipinski definition) is 3. The highest BCUT2D eigenvalue weighted by molar-refractivity contribution is 5.76. The van der Waals surface area contributed by atoms with E-state index in [2.05, 4.69) is 15.5 Å². The van der Waals surface area contributed by atoms with Gasteiger partial charge in [0.15, 0.2) is 0 Å². The Balaban J connectivity index is 1.80. The molecule has 1 heterocycles. The highest BCUT2D eigenvalue weighted by Crippen LogP contribution is 2.14. The van der Waals surface area contributed by atoms with E-state index in [0.717, 1.165) is 28.1 Å². The van der Waals surface area contributed by atoms with Gasteiger partial charge in [0, 0.05) is 18.7 Å². The predicted octanol–water partition coefficient (Wildman–Crippen LogP) is 2.12. The summed E-state index contributed by atoms with van der Waals surface area (Å²) in [6.45, 7) is 6.09. The van der Waals surface area contributed by atoms with Crippen LogP contribution in [0.3, 0.4) is 0 Å². The summed E-state index contributed by atoms with van der Waals surface area (Å²) in [6, 6.07) is 7.67. The molecule has 1 aromatic heterocycles. The van der Waals surface area contributed by atoms with Crippen LogP contribution in [0.15, 0.2) is 24.3 Å². The van der Waals surface area contributed by atoms with Gasteiger partial charge in [-0.1, -0.05) is 29.8 Å². The van der Waals surface area contributed by atoms with Gasteiger partial charge in [-0.25, -0.2) is 0 Å². The number of aryl methyl sites for hydroxylation is 3. The van der Waals surface area contributed by atoms with E-state index in [1.165, 1.54) is 0 Å². The van der Waals surface area contributed by atoms with Gasteiger partial charge < -0.3 is 10.4 Å². The normalized spacial score (nSPS) is 12.2. The van der Waals surface area contributed by atoms with Crippen LogP contribution in [0.5, 0.6) is 0 Å². The number of amides is 1. The number of nitrogens with one attached hydrogen (secondary N) is 2. The summed E-state index contributed by atoms with van der Waals surface area (Å²) in [4.78, 5) is 11.9. The van der Waals surface area contributed by atoms with Crippen LogP contribution >= 0.6 is 0 Å². The summed E-state index contributed by atoms with van der Waals surface area (Å²) < 4.78 is 0. The fraction of sp³-hybridized carbons (Fsp3) is 0.412. The maximum atomic E-state index is 11.9. The molecule has 0 spiro atoms. The molecule has 0 saturated carbocycles. The first-order chi connectivity index (χ1) is 10.5. The molecule has 1 amide bonds. The van der Waals surface area contributed by atoms with Crippen molar-refractivity contribution in [2.75, 3.05) is 6.54 Å². The maximum Gasteiger partial charge on any atom is 0.220 e. The number of H-pyrrole nitrogens is 1. The zero-order valence-corrected chi connectivity index (χ0v) is 13.3. The molecular weight excluding hydrogens is 278 g/mol. The molecule has 1 atom stereocenters. The van der Waals surface area contributed by atoms with Crippen molar-refractivity contribution < 1.29 is 9.90 Å². The number of aromatic nitrogens is 2. The third-order valence-electron chi connectivity index (χ3n) is 3.80. The minimum atomic E-state index is -0.679. The van der Waals surface area contributed by atoms with Crippen molar-refractivity contribution in [2.45, 2.75) is 39.7 Å². The predicted molar refractivity (Wildman–Crippen MR) is 85.5 cm³/mol. The van der Waals surface area contributed by atoms with Gasteiger partial charge in [-0.3, -0.25) is 9.89 Å². The monoisotopic (exact) mass is 301 g/mol. The van der Waals surface area contributed by atoms with Crippen LogP contribution in [-0.2, 0) is 11.2 Å². The SMILES string of the molecule is Cc1cccc(C(O)CNC(=O)CCc2c(C)n[nH]c2C)c1. The maximum absolute atomic E-state index is 11.9. The molecule has 0 aliphatic carbocycles. The quantitative estimate of drug-likeness (QED) is 0.764. The molecule has 5 nitrogen and oxygen atoms in total. The van der Waals surface area contributed by atoms with Gasteiger partial charge in [0.2, 0.25) is 5.91 Å². The van der Waals surface area contributed by atoms with Gasteiger partial charge >= 0.3 is 0 Å². The van der Waals surface area contributed by atoms with Crippen molar-refractivity contribution in [1.29, 1.82) is 0 Å². The van der Waals surface area contributed by atoms with Crippen LogP contribution in [0.1, 0.15) is 40.6 Å². The molecule has 0 aliphatic heterocycles. The summed E-state index contributed by atoms with van der Waals surface area (Å²) >= 11 is 0. The Morgan fingerprint density at radius 2 is 2.14 bits per heavy atom. The van der Waals surface area contributed by atoms with Crippen molar-refractivity contribution in [3.63, 3.8) is 0 Å². The van der Waals surface area contributed by atoms with Crippen LogP contribution in [-0.4, -0.2) is 27.8 Å². The number of aromatic amines is 1. The largest absolute Gasteiger partial charge is 0.387 e. The minimum absolute atomic E-state index is 0.0632. The lowest BCUT2D eigenvalue weighted by Crippen LogP contribution is -2.28. The van der Waals surface area contributed by atoms with Gasteiger partial charge in [0.1, 0.15) is 0 Å². The van der Waals surface area contributed by atoms with E-state index in [1.807, 2.05) is 45.0 Å². The fourth-order valence-corrected chi connectivity index (χ4v) is 2.48. The molecule has 0 aliphatic rings. The summed E-state index contributed by atoms with van der Waals surface area (Å²) in [5.74, 6) is -0.0632. The lowest BCUT2D eigenvalue weighted by molar-refractivity contribution is -0.121. The molecule has 0 bridgehead atoms. The van der Waals surface area contributed by atoms with Gasteiger partial charge in [-0.05, 0) is 38.3 Å². The van der Waals surface area contributed by atoms with Gasteiger partial charge in [-0.15, -0.1) is 0 Å². The number of aliphatic hydroxyl groups is 1. The zero-order valence-electron chi connectivity index (χ0n) is 13.3. The second-order valence-corrected chi connectivity index (χ2v) is 5.65. The van der Waals surface area contributed by atoms with Crippen molar-refractivity contribution in [1.82, 2.24) is 15.5 Å². The number of carbonyl (C=O) groups is 1. The average molecular weight is 301 g/mol. The third kappa shape index (κ3) is 4.18. The second-order valence-electron chi connectivity index (χ2n) is 5.65. The van der Waals surface area contributed by atoms with Gasteiger partial charge in [-0.2, -0.15) is 5.10 Å². The first kappa shape index (κ1) is 16.2. The van der Waals surface area contributed by atoms with Crippen molar-refractivity contribution in [2.24, 2.45) is 0 Å². The molecule has 1 unspecified atom stereocenters. The summed E-state index contributed by atoms with van der Waals surface area (Å²) in [5, 5.41) is 19.9. The van der Waals surface area contributed by atoms with E-state index in [4.69, 9.17) is 0 Å². The molecule has 0 radical (unpaired) electrons. The lowest BCUT2D eigenvalue weighted by Gasteiger charge is -2.13. The Kier molecular flexibility index (Phi) is 5.33. The third-order valence-corrected chi connectivity index (χ3v) is 3.80. The van der Waals surface area contributed by atoms with Crippen LogP contribution in [0, 0.1) is 20.8 Å². The van der Waals surface area contributed by atoms with E-state index >= 15 is 0 Å². The van der Waals surface area contributed by atoms with Crippen molar-refractivity contribution in [3.05, 3.63) is 52.3 Å². The van der Waals surface area contributed by atoms with E-state index < -0.39 is 6.10 Å². The van der Waals surface area contributed by atoms with E-state index in [9.17, 15) is 9.90 Å². The summed E-state index contributed by atoms with van der Waals surface area (Å²) in [7, 11) is 0. The Morgan fingerprint density at radius 3 is 2.77 bits per heavy atom. The summed E-state index contributed by atoms with van der Waals surface area (Å²) in [6.07, 6.45) is 0.365. The number of rotatable bonds is 6. The fourth-order valence-electron chi connectivity index (χ4n) is 2.48. The molecule has 2 aromatic rings. The van der Waals surface area contributed by atoms with E-state index in [0.29, 0.717) is 12.8 Å². The minimum Gasteiger partial charge on any atom is -0.387 e. The number of nitrogens with zero attached hydrogens (tertiary/aromatic N) is 1. The highest BCUT2D eigenvalue weighted by Gasteiger charge is 2.12. The Morgan fingerprint density at radius 1 is 1.36 bits per heavy atom. The molecule has 2 rings (SSSR count). The average Bonchev–Trinajstić information content (AvgIpc) is 2.81. The molecule has 5 heteroatoms. The van der Waals surface area contributed by atoms with E-state index in [1.54, 1.807) is 0 Å². The zero-order chi connectivity index (χ0) is 16.1. The smallest absolute Gasteiger partial charge is 0.220 e. The molecule has 0 fully saturated rings. The van der Waals surface area contributed by atoms with Crippen molar-refractivity contribution >= 4 is 5.91 Å². The molecule has 118 valence electrons. The van der Waals surface area contributed by atoms with Crippen LogP contribution in [0.2, 0.25) is 0 Å². The second kappa shape index (κ2) is 7.22. The van der Waals surface area contributed by atoms with Gasteiger partial charge in [0.05, 0.1) is 11.8 Å². The van der Waals surface area contributed by atoms with Crippen LogP contribution in [0.4, 0.5) is 0 Å². The standard InChI is InChI=1S/C17H23N3O2/c1-11-5-4-6-14(9-11)16(21)10-18-17(22)8-7-15-12(2)19-20-13(15)3/h4-6,9,16,21H,7-8,10H2,1-3H3,(H,18,22)(H,19,20). The Hall–Kier alpha value is -2.14. The molecule has 1 aromatic carbocycles. The first-order valence-electron chi connectivity index (χ1n) is 7.49. The Labute approximate surface area is 130 Å². The van der Waals surface area contributed by atoms with Gasteiger partial charge in [0.25, 0.3) is 0 Å². The van der Waals surface area contributed by atoms with E-state index in [-0.39, 0.29) is 12.5 Å². The van der Waals surface area contributed by atoms with Crippen molar-refractivity contribution in [3.8, 4) is 0 Å².